The Morgan fingerprint density at radius 3 is 1.55 bits per heavy atom. The Hall–Kier alpha value is -6.03. The van der Waals surface area contributed by atoms with Crippen LogP contribution in [0.2, 0.25) is 0 Å². The van der Waals surface area contributed by atoms with Gasteiger partial charge in [0.05, 0.1) is 5.71 Å². The lowest BCUT2D eigenvalue weighted by Gasteiger charge is -2.25. The molecule has 9 rings (SSSR count). The Labute approximate surface area is 306 Å². The van der Waals surface area contributed by atoms with Gasteiger partial charge in [0.2, 0.25) is 0 Å². The number of hydrogen-bond donors (Lipinski definition) is 1. The highest BCUT2D eigenvalue weighted by molar-refractivity contribution is 9.10. The highest BCUT2D eigenvalue weighted by Crippen LogP contribution is 2.40. The molecule has 51 heavy (non-hydrogen) atoms. The first-order chi connectivity index (χ1) is 25.2. The van der Waals surface area contributed by atoms with Crippen LogP contribution < -0.4 is 5.32 Å². The molecule has 1 N–H and O–H groups in total. The van der Waals surface area contributed by atoms with Crippen LogP contribution in [0.5, 0.6) is 0 Å². The summed E-state index contributed by atoms with van der Waals surface area (Å²) in [5, 5.41) is 8.64. The zero-order chi connectivity index (χ0) is 34.1. The molecule has 0 fully saturated rings. The molecular formula is C48H33BrN2. The van der Waals surface area contributed by atoms with E-state index in [-0.39, 0.29) is 6.17 Å². The van der Waals surface area contributed by atoms with Crippen LogP contribution in [0, 0.1) is 0 Å². The van der Waals surface area contributed by atoms with E-state index in [1.165, 1.54) is 54.9 Å². The Kier molecular flexibility index (Phi) is 8.11. The lowest BCUT2D eigenvalue weighted by molar-refractivity contribution is 0.664. The van der Waals surface area contributed by atoms with Gasteiger partial charge in [0.1, 0.15) is 6.17 Å². The molecule has 242 valence electrons. The van der Waals surface area contributed by atoms with E-state index in [9.17, 15) is 0 Å². The second-order valence-corrected chi connectivity index (χ2v) is 13.8. The third-order valence-electron chi connectivity index (χ3n) is 9.84. The maximum Gasteiger partial charge on any atom is 0.145 e. The van der Waals surface area contributed by atoms with Gasteiger partial charge < -0.3 is 5.32 Å². The predicted octanol–water partition coefficient (Wildman–Crippen LogP) is 12.9. The molecule has 3 heteroatoms. The van der Waals surface area contributed by atoms with Crippen molar-refractivity contribution in [2.45, 2.75) is 6.17 Å². The maximum atomic E-state index is 5.22. The minimum absolute atomic E-state index is 0.194. The molecule has 2 nitrogen and oxygen atoms in total. The van der Waals surface area contributed by atoms with E-state index in [0.29, 0.717) is 0 Å². The van der Waals surface area contributed by atoms with Gasteiger partial charge in [0.25, 0.3) is 0 Å². The zero-order valence-corrected chi connectivity index (χ0v) is 29.4. The van der Waals surface area contributed by atoms with Gasteiger partial charge in [-0.25, -0.2) is 0 Å². The number of rotatable bonds is 6. The standard InChI is InChI=1S/C48H33BrN2/c49-45-30-29-43(41-17-9-10-18-44(41)45)42-28-27-38(39-15-7-8-16-40(39)42)34-21-25-36(26-22-34)47-31-46(50-48(51-47)37-13-5-2-6-14-37)35-23-19-33(20-24-35)32-11-3-1-4-12-32/h1-31,48,50H. The lowest BCUT2D eigenvalue weighted by Crippen LogP contribution is -2.24. The zero-order valence-electron chi connectivity index (χ0n) is 27.8. The fourth-order valence-corrected chi connectivity index (χ4v) is 7.71. The van der Waals surface area contributed by atoms with Crippen LogP contribution in [0.25, 0.3) is 60.6 Å². The first kappa shape index (κ1) is 31.0. The molecule has 1 aliphatic heterocycles. The van der Waals surface area contributed by atoms with E-state index >= 15 is 0 Å². The van der Waals surface area contributed by atoms with Crippen LogP contribution in [0.1, 0.15) is 22.9 Å². The van der Waals surface area contributed by atoms with Crippen molar-refractivity contribution in [3.63, 3.8) is 0 Å². The van der Waals surface area contributed by atoms with E-state index in [1.54, 1.807) is 0 Å². The molecule has 0 bridgehead atoms. The number of aliphatic imine (C=N–C) groups is 1. The van der Waals surface area contributed by atoms with Crippen molar-refractivity contribution in [2.75, 3.05) is 0 Å². The molecule has 0 saturated carbocycles. The molecule has 8 aromatic carbocycles. The maximum absolute atomic E-state index is 5.22. The van der Waals surface area contributed by atoms with Crippen molar-refractivity contribution in [2.24, 2.45) is 4.99 Å². The summed E-state index contributed by atoms with van der Waals surface area (Å²) in [6.07, 6.45) is 1.99. The van der Waals surface area contributed by atoms with Crippen molar-refractivity contribution in [1.82, 2.24) is 5.32 Å². The van der Waals surface area contributed by atoms with Crippen molar-refractivity contribution < 1.29 is 0 Å². The average Bonchev–Trinajstić information content (AvgIpc) is 3.21. The molecule has 0 saturated heterocycles. The van der Waals surface area contributed by atoms with Crippen LogP contribution >= 0.6 is 15.9 Å². The first-order valence-electron chi connectivity index (χ1n) is 17.3. The summed E-state index contributed by atoms with van der Waals surface area (Å²) in [6.45, 7) is 0. The number of nitrogens with zero attached hydrogens (tertiary/aromatic N) is 1. The Bertz CT molecular complexity index is 2590. The molecule has 1 unspecified atom stereocenters. The molecule has 0 spiro atoms. The highest BCUT2D eigenvalue weighted by atomic mass is 79.9. The minimum atomic E-state index is -0.194. The molecule has 8 aromatic rings. The quantitative estimate of drug-likeness (QED) is 0.182. The topological polar surface area (TPSA) is 24.4 Å². The van der Waals surface area contributed by atoms with Crippen molar-refractivity contribution >= 4 is 48.9 Å². The van der Waals surface area contributed by atoms with E-state index in [4.69, 9.17) is 4.99 Å². The van der Waals surface area contributed by atoms with Crippen LogP contribution in [0.15, 0.2) is 198 Å². The minimum Gasteiger partial charge on any atom is -0.360 e. The number of nitrogens with one attached hydrogen (secondary N) is 1. The summed E-state index contributed by atoms with van der Waals surface area (Å²) in [5.74, 6) is 0. The summed E-state index contributed by atoms with van der Waals surface area (Å²) in [5.41, 5.74) is 12.6. The van der Waals surface area contributed by atoms with Gasteiger partial charge in [-0.15, -0.1) is 0 Å². The normalized spacial score (nSPS) is 14.2. The number of halogens is 1. The summed E-state index contributed by atoms with van der Waals surface area (Å²) < 4.78 is 1.11. The van der Waals surface area contributed by atoms with Gasteiger partial charge in [0, 0.05) is 10.2 Å². The van der Waals surface area contributed by atoms with Gasteiger partial charge in [-0.2, -0.15) is 0 Å². The average molecular weight is 718 g/mol. The van der Waals surface area contributed by atoms with E-state index in [1.807, 2.05) is 6.07 Å². The lowest BCUT2D eigenvalue weighted by atomic mass is 9.90. The molecule has 0 aliphatic carbocycles. The SMILES string of the molecule is Brc1ccc(-c2ccc(-c3ccc(C4=NC(c5ccccc5)NC(c5ccc(-c6ccccc6)cc5)=C4)cc3)c3ccccc23)c2ccccc12. The Balaban J connectivity index is 1.08. The first-order valence-corrected chi connectivity index (χ1v) is 18.1. The Morgan fingerprint density at radius 2 is 0.863 bits per heavy atom. The fraction of sp³-hybridized carbons (Fsp3) is 0.0208. The van der Waals surface area contributed by atoms with E-state index < -0.39 is 0 Å². The molecule has 1 heterocycles. The predicted molar refractivity (Wildman–Crippen MR) is 219 cm³/mol. The molecule has 1 aliphatic rings. The smallest absolute Gasteiger partial charge is 0.145 e. The summed E-state index contributed by atoms with van der Waals surface area (Å²) in [4.78, 5) is 5.22. The largest absolute Gasteiger partial charge is 0.360 e. The van der Waals surface area contributed by atoms with Gasteiger partial charge in [0.15, 0.2) is 0 Å². The second kappa shape index (κ2) is 13.4. The van der Waals surface area contributed by atoms with Gasteiger partial charge in [-0.05, 0) is 83.8 Å². The van der Waals surface area contributed by atoms with Gasteiger partial charge in [-0.1, -0.05) is 192 Å². The highest BCUT2D eigenvalue weighted by Gasteiger charge is 2.20. The second-order valence-electron chi connectivity index (χ2n) is 12.9. The number of fused-ring (bicyclic) bond motifs is 2. The van der Waals surface area contributed by atoms with E-state index in [0.717, 1.165) is 32.6 Å². The summed E-state index contributed by atoms with van der Waals surface area (Å²) in [6, 6.07) is 64.9. The molecule has 0 aromatic heterocycles. The van der Waals surface area contributed by atoms with Crippen LogP contribution in [-0.2, 0) is 0 Å². The third kappa shape index (κ3) is 5.96. The van der Waals surface area contributed by atoms with Gasteiger partial charge >= 0.3 is 0 Å². The molecular weight excluding hydrogens is 684 g/mol. The molecule has 0 amide bonds. The third-order valence-corrected chi connectivity index (χ3v) is 10.5. The van der Waals surface area contributed by atoms with Gasteiger partial charge in [-0.3, -0.25) is 4.99 Å². The molecule has 0 radical (unpaired) electrons. The van der Waals surface area contributed by atoms with Crippen LogP contribution in [0.3, 0.4) is 0 Å². The summed E-state index contributed by atoms with van der Waals surface area (Å²) >= 11 is 3.76. The van der Waals surface area contributed by atoms with E-state index in [2.05, 4.69) is 203 Å². The van der Waals surface area contributed by atoms with Crippen molar-refractivity contribution in [3.05, 3.63) is 209 Å². The monoisotopic (exact) mass is 716 g/mol. The fourth-order valence-electron chi connectivity index (χ4n) is 7.23. The number of benzene rings is 8. The Morgan fingerprint density at radius 1 is 0.392 bits per heavy atom. The van der Waals surface area contributed by atoms with Crippen LogP contribution in [-0.4, -0.2) is 5.71 Å². The van der Waals surface area contributed by atoms with Crippen molar-refractivity contribution in [3.8, 4) is 33.4 Å². The van der Waals surface area contributed by atoms with Crippen LogP contribution in [0.4, 0.5) is 0 Å². The molecule has 1 atom stereocenters. The summed E-state index contributed by atoms with van der Waals surface area (Å²) in [7, 11) is 0. The number of hydrogen-bond acceptors (Lipinski definition) is 2. The van der Waals surface area contributed by atoms with Crippen molar-refractivity contribution in [1.29, 1.82) is 0 Å². The number of allylic oxidation sites excluding steroid dienone is 1.